The van der Waals surface area contributed by atoms with E-state index in [-0.39, 0.29) is 17.7 Å². The average Bonchev–Trinajstić information content (AvgIpc) is 2.83. The second-order valence-corrected chi connectivity index (χ2v) is 8.11. The zero-order valence-corrected chi connectivity index (χ0v) is 18.9. The van der Waals surface area contributed by atoms with Crippen molar-refractivity contribution < 1.29 is 19.1 Å². The molecule has 174 valence electrons. The van der Waals surface area contributed by atoms with Crippen LogP contribution in [0, 0.1) is 17.2 Å². The van der Waals surface area contributed by atoms with Crippen molar-refractivity contribution in [2.75, 3.05) is 32.1 Å². The highest BCUT2D eigenvalue weighted by atomic mass is 16.5. The number of benzene rings is 2. The van der Waals surface area contributed by atoms with Crippen LogP contribution in [0.4, 0.5) is 5.69 Å². The smallest absolute Gasteiger partial charge is 0.224 e. The van der Waals surface area contributed by atoms with Crippen molar-refractivity contribution in [3.05, 3.63) is 53.6 Å². The Kier molecular flexibility index (Phi) is 8.67. The fourth-order valence-electron chi connectivity index (χ4n) is 3.94. The van der Waals surface area contributed by atoms with E-state index in [0.717, 1.165) is 30.6 Å². The molecule has 8 heteroatoms. The van der Waals surface area contributed by atoms with Gasteiger partial charge in [-0.2, -0.15) is 5.26 Å². The molecule has 1 saturated heterocycles. The van der Waals surface area contributed by atoms with Gasteiger partial charge in [0, 0.05) is 31.3 Å². The number of nitrogens with one attached hydrogen (secondary N) is 1. The summed E-state index contributed by atoms with van der Waals surface area (Å²) in [5.41, 5.74) is 7.77. The summed E-state index contributed by atoms with van der Waals surface area (Å²) in [6.07, 6.45) is 2.61. The van der Waals surface area contributed by atoms with Crippen LogP contribution < -0.4 is 20.5 Å². The predicted molar refractivity (Wildman–Crippen MR) is 125 cm³/mol. The van der Waals surface area contributed by atoms with Crippen molar-refractivity contribution >= 4 is 17.5 Å². The van der Waals surface area contributed by atoms with Crippen molar-refractivity contribution in [1.29, 1.82) is 5.26 Å². The number of para-hydroxylation sites is 1. The first-order chi connectivity index (χ1) is 16.0. The molecule has 1 fully saturated rings. The molecule has 1 heterocycles. The highest BCUT2D eigenvalue weighted by Crippen LogP contribution is 2.28. The number of amides is 2. The van der Waals surface area contributed by atoms with Gasteiger partial charge in [-0.25, -0.2) is 0 Å². The van der Waals surface area contributed by atoms with E-state index in [1.54, 1.807) is 18.2 Å². The number of primary amides is 1. The fraction of sp³-hybridized carbons (Fsp3) is 0.400. The standard InChI is InChI=1S/C25H30N4O4/c1-32-23-14-18(15-26)10-11-22(23)33-13-5-9-24(30)28-21-8-3-2-6-19(21)16-29-12-4-7-20(17-29)25(27)31/h2-3,6,8,10-11,14,20H,4-5,7,9,12-13,16-17H2,1H3,(H2,27,31)(H,28,30). The average molecular weight is 451 g/mol. The lowest BCUT2D eigenvalue weighted by Crippen LogP contribution is -2.40. The maximum atomic E-state index is 12.5. The van der Waals surface area contributed by atoms with Crippen LogP contribution in [0.3, 0.4) is 0 Å². The van der Waals surface area contributed by atoms with Gasteiger partial charge < -0.3 is 20.5 Å². The first-order valence-electron chi connectivity index (χ1n) is 11.1. The number of likely N-dealkylation sites (tertiary alicyclic amines) is 1. The van der Waals surface area contributed by atoms with Crippen LogP contribution in [0.15, 0.2) is 42.5 Å². The van der Waals surface area contributed by atoms with Crippen LogP contribution in [0.25, 0.3) is 0 Å². The second kappa shape index (κ2) is 11.9. The van der Waals surface area contributed by atoms with Crippen LogP contribution in [0.1, 0.15) is 36.8 Å². The van der Waals surface area contributed by atoms with Gasteiger partial charge >= 0.3 is 0 Å². The van der Waals surface area contributed by atoms with Gasteiger partial charge in [0.25, 0.3) is 0 Å². The van der Waals surface area contributed by atoms with E-state index in [0.29, 0.717) is 49.6 Å². The minimum atomic E-state index is -0.248. The molecule has 1 atom stereocenters. The van der Waals surface area contributed by atoms with Crippen LogP contribution in [-0.4, -0.2) is 43.5 Å². The van der Waals surface area contributed by atoms with Crippen molar-refractivity contribution in [1.82, 2.24) is 4.90 Å². The van der Waals surface area contributed by atoms with Crippen molar-refractivity contribution in [3.63, 3.8) is 0 Å². The van der Waals surface area contributed by atoms with Gasteiger partial charge in [0.1, 0.15) is 0 Å². The molecule has 3 rings (SSSR count). The maximum absolute atomic E-state index is 12.5. The van der Waals surface area contributed by atoms with Crippen LogP contribution >= 0.6 is 0 Å². The molecular formula is C25H30N4O4. The Morgan fingerprint density at radius 3 is 2.82 bits per heavy atom. The molecule has 8 nitrogen and oxygen atoms in total. The maximum Gasteiger partial charge on any atom is 0.224 e. The number of methoxy groups -OCH3 is 1. The van der Waals surface area contributed by atoms with Gasteiger partial charge in [-0.3, -0.25) is 14.5 Å². The molecule has 0 bridgehead atoms. The van der Waals surface area contributed by atoms with Gasteiger partial charge in [-0.05, 0) is 49.6 Å². The summed E-state index contributed by atoms with van der Waals surface area (Å²) in [6.45, 7) is 2.55. The molecule has 3 N–H and O–H groups in total. The molecular weight excluding hydrogens is 420 g/mol. The summed E-state index contributed by atoms with van der Waals surface area (Å²) in [5, 5.41) is 12.0. The quantitative estimate of drug-likeness (QED) is 0.537. The zero-order chi connectivity index (χ0) is 23.6. The second-order valence-electron chi connectivity index (χ2n) is 8.11. The molecule has 2 aromatic rings. The molecule has 0 aliphatic carbocycles. The van der Waals surface area contributed by atoms with Gasteiger partial charge in [0.05, 0.1) is 31.3 Å². The number of hydrogen-bond acceptors (Lipinski definition) is 6. The van der Waals surface area contributed by atoms with Gasteiger partial charge in [-0.1, -0.05) is 18.2 Å². The van der Waals surface area contributed by atoms with Crippen LogP contribution in [0.2, 0.25) is 0 Å². The van der Waals surface area contributed by atoms with E-state index in [1.807, 2.05) is 24.3 Å². The molecule has 0 spiro atoms. The summed E-state index contributed by atoms with van der Waals surface area (Å²) in [5.74, 6) is 0.575. The summed E-state index contributed by atoms with van der Waals surface area (Å²) in [7, 11) is 1.52. The predicted octanol–water partition coefficient (Wildman–Crippen LogP) is 3.06. The van der Waals surface area contributed by atoms with E-state index >= 15 is 0 Å². The Hall–Kier alpha value is -3.57. The Bertz CT molecular complexity index is 1020. The SMILES string of the molecule is COc1cc(C#N)ccc1OCCCC(=O)Nc1ccccc1CN1CCCC(C(N)=O)C1. The Morgan fingerprint density at radius 1 is 1.24 bits per heavy atom. The number of nitrogens with two attached hydrogens (primary N) is 1. The minimum absolute atomic E-state index is 0.0912. The van der Waals surface area contributed by atoms with E-state index in [4.69, 9.17) is 20.5 Å². The molecule has 0 radical (unpaired) electrons. The number of carbonyl (C=O) groups is 2. The number of rotatable bonds is 10. The summed E-state index contributed by atoms with van der Waals surface area (Å²) < 4.78 is 11.0. The lowest BCUT2D eigenvalue weighted by molar-refractivity contribution is -0.123. The Labute approximate surface area is 194 Å². The first-order valence-corrected chi connectivity index (χ1v) is 11.1. The summed E-state index contributed by atoms with van der Waals surface area (Å²) in [4.78, 5) is 26.3. The van der Waals surface area contributed by atoms with Crippen LogP contribution in [0.5, 0.6) is 11.5 Å². The topological polar surface area (TPSA) is 118 Å². The molecule has 1 aliphatic heterocycles. The molecule has 33 heavy (non-hydrogen) atoms. The van der Waals surface area contributed by atoms with E-state index < -0.39 is 0 Å². The number of ether oxygens (including phenoxy) is 2. The molecule has 2 amide bonds. The number of anilines is 1. The minimum Gasteiger partial charge on any atom is -0.493 e. The number of nitrogens with zero attached hydrogens (tertiary/aromatic N) is 2. The zero-order valence-electron chi connectivity index (χ0n) is 18.9. The largest absolute Gasteiger partial charge is 0.493 e. The lowest BCUT2D eigenvalue weighted by Gasteiger charge is -2.31. The third kappa shape index (κ3) is 6.96. The van der Waals surface area contributed by atoms with Crippen molar-refractivity contribution in [2.24, 2.45) is 11.7 Å². The van der Waals surface area contributed by atoms with E-state index in [1.165, 1.54) is 7.11 Å². The summed E-state index contributed by atoms with van der Waals surface area (Å²) >= 11 is 0. The number of piperidine rings is 1. The number of nitriles is 1. The normalized spacial score (nSPS) is 15.9. The van der Waals surface area contributed by atoms with Gasteiger partial charge in [-0.15, -0.1) is 0 Å². The third-order valence-electron chi connectivity index (χ3n) is 5.69. The Balaban J connectivity index is 1.49. The molecule has 0 saturated carbocycles. The monoisotopic (exact) mass is 450 g/mol. The van der Waals surface area contributed by atoms with Crippen molar-refractivity contribution in [3.8, 4) is 17.6 Å². The number of hydrogen-bond donors (Lipinski definition) is 2. The summed E-state index contributed by atoms with van der Waals surface area (Å²) in [6, 6.07) is 14.7. The van der Waals surface area contributed by atoms with Crippen molar-refractivity contribution in [2.45, 2.75) is 32.2 Å². The first kappa shape index (κ1) is 24.1. The molecule has 0 aromatic heterocycles. The highest BCUT2D eigenvalue weighted by molar-refractivity contribution is 5.91. The molecule has 1 aliphatic rings. The fourth-order valence-corrected chi connectivity index (χ4v) is 3.94. The van der Waals surface area contributed by atoms with E-state index in [9.17, 15) is 9.59 Å². The van der Waals surface area contributed by atoms with Crippen LogP contribution in [-0.2, 0) is 16.1 Å². The van der Waals surface area contributed by atoms with Gasteiger partial charge in [0.2, 0.25) is 11.8 Å². The lowest BCUT2D eigenvalue weighted by atomic mass is 9.97. The highest BCUT2D eigenvalue weighted by Gasteiger charge is 2.24. The number of carbonyl (C=O) groups excluding carboxylic acids is 2. The Morgan fingerprint density at radius 2 is 2.06 bits per heavy atom. The van der Waals surface area contributed by atoms with E-state index in [2.05, 4.69) is 16.3 Å². The molecule has 1 unspecified atom stereocenters. The van der Waals surface area contributed by atoms with Gasteiger partial charge in [0.15, 0.2) is 11.5 Å². The third-order valence-corrected chi connectivity index (χ3v) is 5.69. The molecule has 2 aromatic carbocycles.